The first-order valence-corrected chi connectivity index (χ1v) is 10.6. The second kappa shape index (κ2) is 9.86. The molecule has 1 aromatic carbocycles. The number of ether oxygens (including phenoxy) is 2. The van der Waals surface area contributed by atoms with Crippen LogP contribution in [-0.2, 0) is 19.7 Å². The maximum absolute atomic E-state index is 13.2. The van der Waals surface area contributed by atoms with Crippen LogP contribution in [0.15, 0.2) is 42.7 Å². The van der Waals surface area contributed by atoms with Gasteiger partial charge in [0.15, 0.2) is 0 Å². The fourth-order valence-electron chi connectivity index (χ4n) is 4.07. The summed E-state index contributed by atoms with van der Waals surface area (Å²) in [6.07, 6.45) is 2.97. The van der Waals surface area contributed by atoms with Gasteiger partial charge in [-0.05, 0) is 18.4 Å². The number of nitrogens with one attached hydrogen (secondary N) is 2. The van der Waals surface area contributed by atoms with E-state index in [1.807, 2.05) is 36.4 Å². The van der Waals surface area contributed by atoms with Gasteiger partial charge in [-0.15, -0.1) is 0 Å². The first kappa shape index (κ1) is 20.6. The van der Waals surface area contributed by atoms with Gasteiger partial charge in [0.05, 0.1) is 18.6 Å². The lowest BCUT2D eigenvalue weighted by atomic mass is 9.73. The van der Waals surface area contributed by atoms with Gasteiger partial charge in [-0.25, -0.2) is 9.97 Å². The molecule has 0 aliphatic carbocycles. The Morgan fingerprint density at radius 1 is 1.00 bits per heavy atom. The fraction of sp³-hybridized carbons (Fsp3) is 0.500. The minimum atomic E-state index is -0.516. The number of benzene rings is 1. The van der Waals surface area contributed by atoms with Gasteiger partial charge >= 0.3 is 0 Å². The highest BCUT2D eigenvalue weighted by Gasteiger charge is 2.41. The average molecular weight is 412 g/mol. The van der Waals surface area contributed by atoms with Gasteiger partial charge in [-0.1, -0.05) is 30.3 Å². The average Bonchev–Trinajstić information content (AvgIpc) is 2.83. The zero-order chi connectivity index (χ0) is 20.7. The van der Waals surface area contributed by atoms with Crippen molar-refractivity contribution in [2.24, 2.45) is 0 Å². The topological polar surface area (TPSA) is 88.6 Å². The second-order valence-electron chi connectivity index (χ2n) is 7.60. The summed E-state index contributed by atoms with van der Waals surface area (Å²) >= 11 is 0. The normalized spacial score (nSPS) is 18.6. The van der Waals surface area contributed by atoms with E-state index in [0.717, 1.165) is 30.3 Å². The maximum atomic E-state index is 13.2. The third kappa shape index (κ3) is 4.71. The molecule has 3 heterocycles. The summed E-state index contributed by atoms with van der Waals surface area (Å²) in [6.45, 7) is 5.41. The summed E-state index contributed by atoms with van der Waals surface area (Å²) in [5, 5.41) is 6.40. The Morgan fingerprint density at radius 2 is 1.73 bits per heavy atom. The van der Waals surface area contributed by atoms with Crippen LogP contribution in [0.2, 0.25) is 0 Å². The lowest BCUT2D eigenvalue weighted by Crippen LogP contribution is -2.49. The number of aromatic nitrogens is 2. The molecule has 0 spiro atoms. The first-order chi connectivity index (χ1) is 14.8. The predicted molar refractivity (Wildman–Crippen MR) is 115 cm³/mol. The van der Waals surface area contributed by atoms with Crippen LogP contribution in [0.4, 0.5) is 11.6 Å². The highest BCUT2D eigenvalue weighted by molar-refractivity contribution is 5.88. The zero-order valence-corrected chi connectivity index (χ0v) is 17.2. The number of hydrogen-bond acceptors (Lipinski definition) is 7. The standard InChI is InChI=1S/C22H29N5O3/c28-21(22(6-12-29-13-7-22)18-4-2-1-3-5-18)24-9-8-23-19-16-20(26-17-25-19)27-10-14-30-15-11-27/h1-5,16-17H,6-15H2,(H,24,28)(H,23,25,26). The summed E-state index contributed by atoms with van der Waals surface area (Å²) < 4.78 is 10.9. The van der Waals surface area contributed by atoms with Crippen LogP contribution < -0.4 is 15.5 Å². The molecular weight excluding hydrogens is 382 g/mol. The number of amides is 1. The van der Waals surface area contributed by atoms with E-state index < -0.39 is 5.41 Å². The molecular formula is C22H29N5O3. The summed E-state index contributed by atoms with van der Waals surface area (Å²) in [5.74, 6) is 1.71. The van der Waals surface area contributed by atoms with Crippen molar-refractivity contribution >= 4 is 17.5 Å². The van der Waals surface area contributed by atoms with Crippen molar-refractivity contribution in [2.45, 2.75) is 18.3 Å². The largest absolute Gasteiger partial charge is 0.381 e. The molecule has 1 aromatic heterocycles. The lowest BCUT2D eigenvalue weighted by Gasteiger charge is -2.36. The predicted octanol–water partition coefficient (Wildman–Crippen LogP) is 1.59. The Hall–Kier alpha value is -2.71. The van der Waals surface area contributed by atoms with Gasteiger partial charge in [-0.2, -0.15) is 0 Å². The van der Waals surface area contributed by atoms with E-state index in [1.165, 1.54) is 0 Å². The van der Waals surface area contributed by atoms with Crippen LogP contribution in [0.5, 0.6) is 0 Å². The van der Waals surface area contributed by atoms with Crippen LogP contribution >= 0.6 is 0 Å². The Morgan fingerprint density at radius 3 is 2.50 bits per heavy atom. The van der Waals surface area contributed by atoms with Gasteiger partial charge < -0.3 is 25.0 Å². The van der Waals surface area contributed by atoms with Gasteiger partial charge in [-0.3, -0.25) is 4.79 Å². The minimum absolute atomic E-state index is 0.0653. The van der Waals surface area contributed by atoms with Crippen molar-refractivity contribution in [1.82, 2.24) is 15.3 Å². The fourth-order valence-corrected chi connectivity index (χ4v) is 4.07. The third-order valence-electron chi connectivity index (χ3n) is 5.81. The van der Waals surface area contributed by atoms with Gasteiger partial charge in [0.1, 0.15) is 18.0 Å². The summed E-state index contributed by atoms with van der Waals surface area (Å²) in [7, 11) is 0. The molecule has 1 amide bonds. The molecule has 2 aliphatic heterocycles. The van der Waals surface area contributed by atoms with Gasteiger partial charge in [0.25, 0.3) is 0 Å². The number of anilines is 2. The minimum Gasteiger partial charge on any atom is -0.381 e. The van der Waals surface area contributed by atoms with Crippen LogP contribution in [-0.4, -0.2) is 68.5 Å². The molecule has 2 aromatic rings. The van der Waals surface area contributed by atoms with Crippen molar-refractivity contribution in [3.63, 3.8) is 0 Å². The molecule has 30 heavy (non-hydrogen) atoms. The monoisotopic (exact) mass is 411 g/mol. The molecule has 160 valence electrons. The summed E-state index contributed by atoms with van der Waals surface area (Å²) in [6, 6.07) is 12.0. The van der Waals surface area contributed by atoms with Gasteiger partial charge in [0, 0.05) is 45.5 Å². The Balaban J connectivity index is 1.32. The lowest BCUT2D eigenvalue weighted by molar-refractivity contribution is -0.130. The number of rotatable bonds is 7. The Labute approximate surface area is 177 Å². The first-order valence-electron chi connectivity index (χ1n) is 10.6. The Kier molecular flexibility index (Phi) is 6.76. The van der Waals surface area contributed by atoms with E-state index in [0.29, 0.717) is 52.4 Å². The van der Waals surface area contributed by atoms with Gasteiger partial charge in [0.2, 0.25) is 5.91 Å². The summed E-state index contributed by atoms with van der Waals surface area (Å²) in [5.41, 5.74) is 0.544. The molecule has 0 bridgehead atoms. The third-order valence-corrected chi connectivity index (χ3v) is 5.81. The molecule has 8 nitrogen and oxygen atoms in total. The smallest absolute Gasteiger partial charge is 0.230 e. The van der Waals surface area contributed by atoms with Crippen LogP contribution in [0.3, 0.4) is 0 Å². The maximum Gasteiger partial charge on any atom is 0.230 e. The van der Waals surface area contributed by atoms with E-state index in [-0.39, 0.29) is 5.91 Å². The highest BCUT2D eigenvalue weighted by atomic mass is 16.5. The van der Waals surface area contributed by atoms with Crippen LogP contribution in [0.25, 0.3) is 0 Å². The highest BCUT2D eigenvalue weighted by Crippen LogP contribution is 2.35. The van der Waals surface area contributed by atoms with Crippen molar-refractivity contribution in [3.05, 3.63) is 48.3 Å². The number of morpholine rings is 1. The quantitative estimate of drug-likeness (QED) is 0.669. The molecule has 8 heteroatoms. The van der Waals surface area contributed by atoms with Crippen molar-refractivity contribution < 1.29 is 14.3 Å². The molecule has 2 fully saturated rings. The second-order valence-corrected chi connectivity index (χ2v) is 7.60. The Bertz CT molecular complexity index is 821. The molecule has 4 rings (SSSR count). The molecule has 2 aliphatic rings. The van der Waals surface area contributed by atoms with E-state index >= 15 is 0 Å². The number of nitrogens with zero attached hydrogens (tertiary/aromatic N) is 3. The number of hydrogen-bond donors (Lipinski definition) is 2. The molecule has 0 atom stereocenters. The van der Waals surface area contributed by atoms with Crippen LogP contribution in [0.1, 0.15) is 18.4 Å². The number of carbonyl (C=O) groups excluding carboxylic acids is 1. The SMILES string of the molecule is O=C(NCCNc1cc(N2CCOCC2)ncn1)C1(c2ccccc2)CCOCC1. The molecule has 0 saturated carbocycles. The number of carbonyl (C=O) groups is 1. The van der Waals surface area contributed by atoms with Crippen molar-refractivity contribution in [1.29, 1.82) is 0 Å². The van der Waals surface area contributed by atoms with Crippen LogP contribution in [0, 0.1) is 0 Å². The molecule has 2 N–H and O–H groups in total. The summed E-state index contributed by atoms with van der Waals surface area (Å²) in [4.78, 5) is 24.0. The van der Waals surface area contributed by atoms with Crippen molar-refractivity contribution in [3.8, 4) is 0 Å². The zero-order valence-electron chi connectivity index (χ0n) is 17.2. The molecule has 2 saturated heterocycles. The molecule has 0 radical (unpaired) electrons. The van der Waals surface area contributed by atoms with Crippen molar-refractivity contribution in [2.75, 3.05) is 62.8 Å². The van der Waals surface area contributed by atoms with E-state index in [1.54, 1.807) is 6.33 Å². The van der Waals surface area contributed by atoms with E-state index in [4.69, 9.17) is 9.47 Å². The van der Waals surface area contributed by atoms with E-state index in [2.05, 4.69) is 25.5 Å². The van der Waals surface area contributed by atoms with E-state index in [9.17, 15) is 4.79 Å². The molecule has 0 unspecified atom stereocenters.